The molecule has 0 aliphatic heterocycles. The number of carbonyl (C=O) groups is 1. The molecule has 0 fully saturated rings. The van der Waals surface area contributed by atoms with Gasteiger partial charge in [-0.2, -0.15) is 0 Å². The van der Waals surface area contributed by atoms with E-state index in [1.54, 1.807) is 26.8 Å². The minimum atomic E-state index is -3.04. The quantitative estimate of drug-likeness (QED) is 0.896. The fraction of sp³-hybridized carbons (Fsp3) is 0.533. The zero-order valence-corrected chi connectivity index (χ0v) is 12.4. The Kier molecular flexibility index (Phi) is 4.42. The number of hydrogen-bond donors (Lipinski definition) is 1. The number of alkyl halides is 2. The van der Waals surface area contributed by atoms with Crippen LogP contribution in [0.25, 0.3) is 0 Å². The van der Waals surface area contributed by atoms with E-state index >= 15 is 0 Å². The molecule has 0 aromatic heterocycles. The fourth-order valence-electron chi connectivity index (χ4n) is 2.04. The van der Waals surface area contributed by atoms with Crippen molar-refractivity contribution in [3.63, 3.8) is 0 Å². The molecule has 1 N–H and O–H groups in total. The molecule has 1 rings (SSSR count). The molecule has 0 aliphatic carbocycles. The third-order valence-electron chi connectivity index (χ3n) is 3.37. The van der Waals surface area contributed by atoms with E-state index in [1.807, 2.05) is 0 Å². The first kappa shape index (κ1) is 16.4. The highest BCUT2D eigenvalue weighted by Crippen LogP contribution is 2.40. The van der Waals surface area contributed by atoms with Crippen LogP contribution in [-0.4, -0.2) is 18.2 Å². The van der Waals surface area contributed by atoms with Crippen molar-refractivity contribution in [2.45, 2.75) is 40.0 Å². The van der Waals surface area contributed by atoms with E-state index in [0.29, 0.717) is 5.56 Å². The minimum Gasteiger partial charge on any atom is -0.496 e. The molecule has 0 saturated carbocycles. The van der Waals surface area contributed by atoms with E-state index in [0.717, 1.165) is 12.5 Å². The largest absolute Gasteiger partial charge is 0.496 e. The van der Waals surface area contributed by atoms with Gasteiger partial charge in [0.05, 0.1) is 18.1 Å². The maximum atomic E-state index is 13.6. The van der Waals surface area contributed by atoms with E-state index < -0.39 is 17.3 Å². The van der Waals surface area contributed by atoms with Crippen LogP contribution in [0.3, 0.4) is 0 Å². The summed E-state index contributed by atoms with van der Waals surface area (Å²) >= 11 is 0. The van der Waals surface area contributed by atoms with Gasteiger partial charge < -0.3 is 9.84 Å². The molecular formula is C15H20F2O3. The monoisotopic (exact) mass is 286 g/mol. The molecule has 1 aromatic carbocycles. The Hall–Kier alpha value is -1.65. The lowest BCUT2D eigenvalue weighted by molar-refractivity contribution is -0.146. The molecule has 20 heavy (non-hydrogen) atoms. The van der Waals surface area contributed by atoms with Crippen LogP contribution in [0.1, 0.15) is 37.5 Å². The summed E-state index contributed by atoms with van der Waals surface area (Å²) in [5, 5.41) is 9.20. The number of aliphatic carboxylic acids is 1. The average molecular weight is 286 g/mol. The van der Waals surface area contributed by atoms with Crippen LogP contribution in [0.4, 0.5) is 8.78 Å². The van der Waals surface area contributed by atoms with Crippen LogP contribution in [-0.2, 0) is 17.1 Å². The zero-order valence-electron chi connectivity index (χ0n) is 12.4. The van der Waals surface area contributed by atoms with Crippen LogP contribution in [0, 0.1) is 12.3 Å². The smallest absolute Gasteiger partial charge is 0.309 e. The van der Waals surface area contributed by atoms with Crippen LogP contribution >= 0.6 is 0 Å². The van der Waals surface area contributed by atoms with Gasteiger partial charge in [0.2, 0.25) is 0 Å². The molecule has 112 valence electrons. The van der Waals surface area contributed by atoms with Gasteiger partial charge in [-0.25, -0.2) is 8.78 Å². The number of rotatable bonds is 5. The Morgan fingerprint density at radius 3 is 2.25 bits per heavy atom. The van der Waals surface area contributed by atoms with Crippen molar-refractivity contribution in [3.8, 4) is 5.75 Å². The Morgan fingerprint density at radius 2 is 1.85 bits per heavy atom. The van der Waals surface area contributed by atoms with Crippen molar-refractivity contribution in [3.05, 3.63) is 28.8 Å². The summed E-state index contributed by atoms with van der Waals surface area (Å²) in [6.45, 7) is 5.68. The lowest BCUT2D eigenvalue weighted by Gasteiger charge is -2.24. The minimum absolute atomic E-state index is 0.0758. The molecule has 0 amide bonds. The Balaban J connectivity index is 3.42. The summed E-state index contributed by atoms with van der Waals surface area (Å²) in [4.78, 5) is 11.2. The Bertz CT molecular complexity index is 517. The lowest BCUT2D eigenvalue weighted by atomic mass is 9.83. The van der Waals surface area contributed by atoms with Gasteiger partial charge in [0.1, 0.15) is 5.75 Å². The summed E-state index contributed by atoms with van der Waals surface area (Å²) < 4.78 is 32.4. The van der Waals surface area contributed by atoms with E-state index in [-0.39, 0.29) is 17.7 Å². The van der Waals surface area contributed by atoms with E-state index in [4.69, 9.17) is 4.74 Å². The van der Waals surface area contributed by atoms with E-state index in [1.165, 1.54) is 13.2 Å². The van der Waals surface area contributed by atoms with Gasteiger partial charge >= 0.3 is 5.97 Å². The molecule has 1 aromatic rings. The number of benzene rings is 1. The first-order chi connectivity index (χ1) is 9.00. The number of carboxylic acids is 1. The number of methoxy groups -OCH3 is 1. The van der Waals surface area contributed by atoms with Crippen molar-refractivity contribution in [1.29, 1.82) is 0 Å². The van der Waals surface area contributed by atoms with Gasteiger partial charge in [-0.05, 0) is 44.4 Å². The molecule has 5 heteroatoms. The van der Waals surface area contributed by atoms with Gasteiger partial charge in [0.15, 0.2) is 0 Å². The predicted octanol–water partition coefficient (Wildman–Crippen LogP) is 3.77. The molecule has 3 nitrogen and oxygen atoms in total. The molecule has 0 atom stereocenters. The van der Waals surface area contributed by atoms with Crippen molar-refractivity contribution in [1.82, 2.24) is 0 Å². The lowest BCUT2D eigenvalue weighted by Crippen LogP contribution is -2.27. The maximum absolute atomic E-state index is 13.6. The molecular weight excluding hydrogens is 266 g/mol. The van der Waals surface area contributed by atoms with Crippen molar-refractivity contribution >= 4 is 5.97 Å². The molecule has 0 aliphatic rings. The summed E-state index contributed by atoms with van der Waals surface area (Å²) in [5.41, 5.74) is -0.0236. The molecule has 0 heterocycles. The summed E-state index contributed by atoms with van der Waals surface area (Å²) in [5.74, 6) is -3.94. The summed E-state index contributed by atoms with van der Waals surface area (Å²) in [6.07, 6.45) is 0.126. The third-order valence-corrected chi connectivity index (χ3v) is 3.37. The first-order valence-corrected chi connectivity index (χ1v) is 6.29. The highest BCUT2D eigenvalue weighted by Gasteiger charge is 2.34. The average Bonchev–Trinajstić information content (AvgIpc) is 2.29. The molecule has 0 unspecified atom stereocenters. The summed E-state index contributed by atoms with van der Waals surface area (Å²) in [7, 11) is 1.32. The van der Waals surface area contributed by atoms with Gasteiger partial charge in [0, 0.05) is 6.92 Å². The highest BCUT2D eigenvalue weighted by molar-refractivity contribution is 5.74. The van der Waals surface area contributed by atoms with Gasteiger partial charge in [-0.1, -0.05) is 6.07 Å². The van der Waals surface area contributed by atoms with Crippen LogP contribution < -0.4 is 4.74 Å². The zero-order chi connectivity index (χ0) is 15.7. The van der Waals surface area contributed by atoms with Gasteiger partial charge in [0.25, 0.3) is 5.92 Å². The van der Waals surface area contributed by atoms with Crippen molar-refractivity contribution in [2.75, 3.05) is 7.11 Å². The summed E-state index contributed by atoms with van der Waals surface area (Å²) in [6, 6.07) is 2.90. The van der Waals surface area contributed by atoms with Crippen LogP contribution in [0.2, 0.25) is 0 Å². The van der Waals surface area contributed by atoms with Crippen molar-refractivity contribution < 1.29 is 23.4 Å². The van der Waals surface area contributed by atoms with Crippen molar-refractivity contribution in [2.24, 2.45) is 5.41 Å². The highest BCUT2D eigenvalue weighted by atomic mass is 19.3. The Morgan fingerprint density at radius 1 is 1.30 bits per heavy atom. The predicted molar refractivity (Wildman–Crippen MR) is 72.4 cm³/mol. The van der Waals surface area contributed by atoms with E-state index in [2.05, 4.69) is 0 Å². The number of hydrogen-bond acceptors (Lipinski definition) is 2. The Labute approximate surface area is 117 Å². The second-order valence-electron chi connectivity index (χ2n) is 5.70. The van der Waals surface area contributed by atoms with Gasteiger partial charge in [-0.15, -0.1) is 0 Å². The molecule has 0 radical (unpaired) electrons. The number of halogens is 2. The standard InChI is InChI=1S/C15H20F2O3/c1-9-6-7-11(15(4,16)17)12(20-5)10(9)8-14(2,3)13(18)19/h6-7H,8H2,1-5H3,(H,18,19). The number of aryl methyl sites for hydroxylation is 1. The van der Waals surface area contributed by atoms with Crippen LogP contribution in [0.5, 0.6) is 5.75 Å². The maximum Gasteiger partial charge on any atom is 0.309 e. The van der Waals surface area contributed by atoms with Gasteiger partial charge in [-0.3, -0.25) is 4.79 Å². The molecule has 0 saturated heterocycles. The fourth-order valence-corrected chi connectivity index (χ4v) is 2.04. The second kappa shape index (κ2) is 5.38. The number of carboxylic acid groups (broad SMARTS) is 1. The first-order valence-electron chi connectivity index (χ1n) is 6.29. The number of ether oxygens (including phenoxy) is 1. The topological polar surface area (TPSA) is 46.5 Å². The molecule has 0 bridgehead atoms. The molecule has 0 spiro atoms. The second-order valence-corrected chi connectivity index (χ2v) is 5.70. The van der Waals surface area contributed by atoms with Crippen LogP contribution in [0.15, 0.2) is 12.1 Å². The normalized spacial score (nSPS) is 12.3. The van der Waals surface area contributed by atoms with E-state index in [9.17, 15) is 18.7 Å². The third kappa shape index (κ3) is 3.26. The SMILES string of the molecule is COc1c(C(C)(F)F)ccc(C)c1CC(C)(C)C(=O)O.